The van der Waals surface area contributed by atoms with Crippen molar-refractivity contribution in [1.29, 1.82) is 0 Å². The summed E-state index contributed by atoms with van der Waals surface area (Å²) >= 11 is 3.00. The third kappa shape index (κ3) is 1.88. The molecule has 0 aliphatic carbocycles. The molecule has 0 aliphatic heterocycles. The van der Waals surface area contributed by atoms with Gasteiger partial charge in [0.1, 0.15) is 0 Å². The third-order valence-corrected chi connectivity index (χ3v) is 2.20. The zero-order valence-corrected chi connectivity index (χ0v) is 8.07. The molecule has 0 radical (unpaired) electrons. The summed E-state index contributed by atoms with van der Waals surface area (Å²) in [6, 6.07) is 0. The number of rotatable bonds is 2. The Labute approximate surface area is 81.1 Å². The number of nitrogens with two attached hydrogens (primary N) is 1. The number of hydrogen-bond acceptors (Lipinski definition) is 2. The first kappa shape index (κ1) is 10.2. The van der Waals surface area contributed by atoms with Crippen LogP contribution in [0.25, 0.3) is 0 Å². The lowest BCUT2D eigenvalue weighted by Crippen LogP contribution is -2.15. The van der Waals surface area contributed by atoms with Crippen molar-refractivity contribution in [2.24, 2.45) is 0 Å². The van der Waals surface area contributed by atoms with Crippen LogP contribution in [0.5, 0.6) is 0 Å². The van der Waals surface area contributed by atoms with Crippen LogP contribution in [0, 0.1) is 0 Å². The highest BCUT2D eigenvalue weighted by atomic mass is 79.9. The predicted octanol–water partition coefficient (Wildman–Crippen LogP) is 1.79. The van der Waals surface area contributed by atoms with Gasteiger partial charge in [-0.2, -0.15) is 0 Å². The van der Waals surface area contributed by atoms with Crippen LogP contribution in [-0.4, -0.2) is 4.98 Å². The van der Waals surface area contributed by atoms with Crippen molar-refractivity contribution in [3.8, 4) is 0 Å². The van der Waals surface area contributed by atoms with Gasteiger partial charge in [-0.3, -0.25) is 4.79 Å². The lowest BCUT2D eigenvalue weighted by Gasteiger charge is -2.06. The fraction of sp³-hybridized carbons (Fsp3) is 0.286. The summed E-state index contributed by atoms with van der Waals surface area (Å²) in [6.45, 7) is 0. The van der Waals surface area contributed by atoms with Gasteiger partial charge in [-0.15, -0.1) is 0 Å². The lowest BCUT2D eigenvalue weighted by molar-refractivity contribution is 0.151. The molecule has 1 heterocycles. The van der Waals surface area contributed by atoms with E-state index in [9.17, 15) is 13.6 Å². The van der Waals surface area contributed by atoms with E-state index in [1.807, 2.05) is 0 Å². The van der Waals surface area contributed by atoms with Gasteiger partial charge in [-0.1, -0.05) is 15.9 Å². The number of halogens is 3. The minimum absolute atomic E-state index is 0.137. The van der Waals surface area contributed by atoms with Gasteiger partial charge >= 0.3 is 0 Å². The quantitative estimate of drug-likeness (QED) is 0.789. The van der Waals surface area contributed by atoms with E-state index in [2.05, 4.69) is 20.9 Å². The van der Waals surface area contributed by atoms with Gasteiger partial charge in [0, 0.05) is 11.5 Å². The van der Waals surface area contributed by atoms with E-state index in [4.69, 9.17) is 5.73 Å². The van der Waals surface area contributed by atoms with E-state index in [1.165, 1.54) is 0 Å². The number of alkyl halides is 3. The number of nitrogen functional groups attached to an aromatic ring is 1. The number of anilines is 1. The standard InChI is InChI=1S/C7H7BrF2N2O/c8-1-3-5(11)4(6(9)10)2-12-7(3)13/h2,6H,1H2,(H3,11,12,13). The van der Waals surface area contributed by atoms with E-state index in [1.54, 1.807) is 0 Å². The molecule has 13 heavy (non-hydrogen) atoms. The lowest BCUT2D eigenvalue weighted by atomic mass is 10.2. The summed E-state index contributed by atoms with van der Waals surface area (Å²) in [5.41, 5.74) is 4.58. The Balaban J connectivity index is 3.36. The van der Waals surface area contributed by atoms with Gasteiger partial charge in [0.05, 0.1) is 16.8 Å². The second-order valence-electron chi connectivity index (χ2n) is 2.40. The smallest absolute Gasteiger partial charge is 0.267 e. The summed E-state index contributed by atoms with van der Waals surface area (Å²) < 4.78 is 24.5. The molecular formula is C7H7BrF2N2O. The Morgan fingerprint density at radius 2 is 2.23 bits per heavy atom. The zero-order chi connectivity index (χ0) is 10.0. The maximum Gasteiger partial charge on any atom is 0.267 e. The van der Waals surface area contributed by atoms with Gasteiger partial charge in [-0.05, 0) is 0 Å². The average molecular weight is 253 g/mol. The van der Waals surface area contributed by atoms with Crippen LogP contribution in [0.1, 0.15) is 17.6 Å². The Morgan fingerprint density at radius 3 is 2.69 bits per heavy atom. The second-order valence-corrected chi connectivity index (χ2v) is 2.96. The first-order valence-electron chi connectivity index (χ1n) is 3.42. The molecule has 0 aromatic carbocycles. The van der Waals surface area contributed by atoms with Gasteiger partial charge in [-0.25, -0.2) is 8.78 Å². The minimum Gasteiger partial charge on any atom is -0.398 e. The number of H-pyrrole nitrogens is 1. The van der Waals surface area contributed by atoms with E-state index in [0.29, 0.717) is 0 Å². The monoisotopic (exact) mass is 252 g/mol. The molecule has 0 saturated carbocycles. The van der Waals surface area contributed by atoms with Crippen molar-refractivity contribution in [3.63, 3.8) is 0 Å². The van der Waals surface area contributed by atoms with Crippen molar-refractivity contribution in [1.82, 2.24) is 4.98 Å². The van der Waals surface area contributed by atoms with Crippen molar-refractivity contribution in [2.45, 2.75) is 11.8 Å². The molecule has 1 rings (SSSR count). The largest absolute Gasteiger partial charge is 0.398 e. The maximum absolute atomic E-state index is 12.3. The van der Waals surface area contributed by atoms with Gasteiger partial charge in [0.2, 0.25) is 0 Å². The highest BCUT2D eigenvalue weighted by molar-refractivity contribution is 9.08. The van der Waals surface area contributed by atoms with Crippen LogP contribution >= 0.6 is 15.9 Å². The normalized spacial score (nSPS) is 10.8. The molecule has 6 heteroatoms. The summed E-state index contributed by atoms with van der Waals surface area (Å²) in [7, 11) is 0. The zero-order valence-electron chi connectivity index (χ0n) is 6.48. The minimum atomic E-state index is -2.67. The molecule has 3 nitrogen and oxygen atoms in total. The van der Waals surface area contributed by atoms with E-state index in [0.717, 1.165) is 6.20 Å². The molecule has 0 bridgehead atoms. The van der Waals surface area contributed by atoms with Crippen LogP contribution < -0.4 is 11.3 Å². The molecule has 3 N–H and O–H groups in total. The first-order valence-corrected chi connectivity index (χ1v) is 4.54. The van der Waals surface area contributed by atoms with Crippen molar-refractivity contribution >= 4 is 21.6 Å². The summed E-state index contributed by atoms with van der Waals surface area (Å²) in [5, 5.41) is 0.161. The van der Waals surface area contributed by atoms with Crippen LogP contribution in [0.2, 0.25) is 0 Å². The topological polar surface area (TPSA) is 58.9 Å². The third-order valence-electron chi connectivity index (χ3n) is 1.64. The Kier molecular flexibility index (Phi) is 3.02. The molecule has 0 saturated heterocycles. The predicted molar refractivity (Wildman–Crippen MR) is 49.1 cm³/mol. The SMILES string of the molecule is Nc1c(C(F)F)c[nH]c(=O)c1CBr. The number of aromatic amines is 1. The van der Waals surface area contributed by atoms with Crippen molar-refractivity contribution in [3.05, 3.63) is 27.7 Å². The Hall–Kier alpha value is -0.910. The van der Waals surface area contributed by atoms with E-state index >= 15 is 0 Å². The molecule has 72 valence electrons. The van der Waals surface area contributed by atoms with Crippen LogP contribution in [0.4, 0.5) is 14.5 Å². The van der Waals surface area contributed by atoms with Gasteiger partial charge < -0.3 is 10.7 Å². The number of nitrogens with one attached hydrogen (secondary N) is 1. The Morgan fingerprint density at radius 1 is 1.62 bits per heavy atom. The highest BCUT2D eigenvalue weighted by Gasteiger charge is 2.15. The van der Waals surface area contributed by atoms with Gasteiger partial charge in [0.15, 0.2) is 0 Å². The molecule has 0 unspecified atom stereocenters. The molecule has 0 atom stereocenters. The molecule has 1 aromatic heterocycles. The molecule has 0 aliphatic rings. The highest BCUT2D eigenvalue weighted by Crippen LogP contribution is 2.25. The van der Waals surface area contributed by atoms with E-state index < -0.39 is 12.0 Å². The Bertz CT molecular complexity index is 364. The number of pyridine rings is 1. The fourth-order valence-corrected chi connectivity index (χ4v) is 1.47. The molecule has 0 amide bonds. The molecular weight excluding hydrogens is 246 g/mol. The average Bonchev–Trinajstić information content (AvgIpc) is 2.04. The molecule has 0 spiro atoms. The molecule has 1 aromatic rings. The first-order chi connectivity index (χ1) is 6.07. The van der Waals surface area contributed by atoms with E-state index in [-0.39, 0.29) is 22.1 Å². The maximum atomic E-state index is 12.3. The van der Waals surface area contributed by atoms with Crippen molar-refractivity contribution < 1.29 is 8.78 Å². The van der Waals surface area contributed by atoms with Crippen LogP contribution in [0.3, 0.4) is 0 Å². The second kappa shape index (κ2) is 3.87. The van der Waals surface area contributed by atoms with Crippen LogP contribution in [0.15, 0.2) is 11.0 Å². The molecule has 0 fully saturated rings. The number of aromatic nitrogens is 1. The summed E-state index contributed by atoms with van der Waals surface area (Å²) in [4.78, 5) is 13.2. The van der Waals surface area contributed by atoms with Crippen molar-refractivity contribution in [2.75, 3.05) is 5.73 Å². The fourth-order valence-electron chi connectivity index (χ4n) is 0.918. The summed E-state index contributed by atoms with van der Waals surface area (Å²) in [5.74, 6) is 0. The summed E-state index contributed by atoms with van der Waals surface area (Å²) in [6.07, 6.45) is -1.73. The van der Waals surface area contributed by atoms with Gasteiger partial charge in [0.25, 0.3) is 12.0 Å². The number of hydrogen-bond donors (Lipinski definition) is 2. The van der Waals surface area contributed by atoms with Crippen LogP contribution in [-0.2, 0) is 5.33 Å².